The van der Waals surface area contributed by atoms with Gasteiger partial charge in [-0.25, -0.2) is 0 Å². The van der Waals surface area contributed by atoms with Crippen LogP contribution in [0.2, 0.25) is 0 Å². The molecule has 2 aromatic carbocycles. The molecule has 6 amide bonds. The smallest absolute Gasteiger partial charge is 0.315 e. The number of hydrogen-bond donors (Lipinski definition) is 6. The van der Waals surface area contributed by atoms with Crippen molar-refractivity contribution in [3.05, 3.63) is 53.1 Å². The summed E-state index contributed by atoms with van der Waals surface area (Å²) in [6.45, 7) is 9.03. The fourth-order valence-corrected chi connectivity index (χ4v) is 6.33. The van der Waals surface area contributed by atoms with Crippen LogP contribution in [0, 0.1) is 0 Å². The number of nitrogens with one attached hydrogen (secondary N) is 6. The van der Waals surface area contributed by atoms with E-state index in [1.54, 1.807) is 31.2 Å². The highest BCUT2D eigenvalue weighted by atomic mass is 16.5. The Morgan fingerprint density at radius 1 is 0.406 bits per heavy atom. The third kappa shape index (κ3) is 23.0. The van der Waals surface area contributed by atoms with Gasteiger partial charge < -0.3 is 18.9 Å². The van der Waals surface area contributed by atoms with Crippen molar-refractivity contribution in [2.45, 2.75) is 156 Å². The molecule has 17 heteroatoms. The van der Waals surface area contributed by atoms with Gasteiger partial charge >= 0.3 is 5.97 Å². The lowest BCUT2D eigenvalue weighted by Gasteiger charge is -2.18. The topological polar surface area (TPSA) is 229 Å². The van der Waals surface area contributed by atoms with Gasteiger partial charge in [-0.1, -0.05) is 129 Å². The maximum Gasteiger partial charge on any atom is 0.315 e. The second-order valence-electron chi connectivity index (χ2n) is 15.4. The number of esters is 1. The summed E-state index contributed by atoms with van der Waals surface area (Å²) in [5.74, 6) is -5.29. The van der Waals surface area contributed by atoms with Gasteiger partial charge in [0.1, 0.15) is 30.1 Å². The number of carbonyl (C=O) groups excluding carboxylic acids is 7. The monoisotopic (exact) mass is 897 g/mol. The number of hydrazine groups is 3. The Labute approximate surface area is 378 Å². The van der Waals surface area contributed by atoms with E-state index in [0.717, 1.165) is 89.9 Å². The summed E-state index contributed by atoms with van der Waals surface area (Å²) < 4.78 is 22.8. The number of rotatable bonds is 32. The van der Waals surface area contributed by atoms with Crippen LogP contribution in [0.15, 0.2) is 36.4 Å². The van der Waals surface area contributed by atoms with Gasteiger partial charge in [-0.2, -0.15) is 0 Å². The van der Waals surface area contributed by atoms with Crippen LogP contribution in [-0.2, 0) is 23.9 Å². The van der Waals surface area contributed by atoms with Crippen LogP contribution in [0.1, 0.15) is 187 Å². The van der Waals surface area contributed by atoms with Crippen LogP contribution in [0.5, 0.6) is 17.2 Å². The van der Waals surface area contributed by atoms with Gasteiger partial charge in [0.25, 0.3) is 17.7 Å². The first kappa shape index (κ1) is 54.3. The second-order valence-corrected chi connectivity index (χ2v) is 15.4. The zero-order valence-corrected chi connectivity index (χ0v) is 38.4. The van der Waals surface area contributed by atoms with Crippen molar-refractivity contribution < 1.29 is 52.5 Å². The molecule has 0 saturated heterocycles. The average molecular weight is 897 g/mol. The highest BCUT2D eigenvalue weighted by Gasteiger charge is 2.24. The molecule has 6 N–H and O–H groups in total. The molecule has 17 nitrogen and oxygen atoms in total. The normalized spacial score (nSPS) is 10.6. The molecule has 2 aromatic rings. The van der Waals surface area contributed by atoms with Crippen molar-refractivity contribution in [3.63, 3.8) is 0 Å². The fourth-order valence-electron chi connectivity index (χ4n) is 6.33. The Morgan fingerprint density at radius 2 is 0.781 bits per heavy atom. The largest absolute Gasteiger partial charge is 0.493 e. The van der Waals surface area contributed by atoms with Gasteiger partial charge in [-0.05, 0) is 44.4 Å². The fraction of sp³-hybridized carbons (Fsp3) is 0.596. The zero-order valence-electron chi connectivity index (χ0n) is 38.4. The second kappa shape index (κ2) is 33.7. The van der Waals surface area contributed by atoms with E-state index in [-0.39, 0.29) is 48.0 Å². The third-order valence-corrected chi connectivity index (χ3v) is 9.85. The van der Waals surface area contributed by atoms with E-state index in [9.17, 15) is 33.6 Å². The summed E-state index contributed by atoms with van der Waals surface area (Å²) in [6, 6.07) is 9.23. The minimum absolute atomic E-state index is 0.0674. The van der Waals surface area contributed by atoms with Crippen molar-refractivity contribution in [1.29, 1.82) is 0 Å². The molecule has 64 heavy (non-hydrogen) atoms. The highest BCUT2D eigenvalue weighted by molar-refractivity contribution is 6.05. The lowest BCUT2D eigenvalue weighted by atomic mass is 10.1. The molecule has 0 radical (unpaired) electrons. The van der Waals surface area contributed by atoms with E-state index in [1.165, 1.54) is 25.0 Å². The van der Waals surface area contributed by atoms with Gasteiger partial charge in [0, 0.05) is 6.07 Å². The Morgan fingerprint density at radius 3 is 1.22 bits per heavy atom. The summed E-state index contributed by atoms with van der Waals surface area (Å²) >= 11 is 0. The standard InChI is InChI=1S/C47H72N6O11/c1-5-9-12-15-18-23-28-62-38-27-22-21-26-35(38)45(58)51-48-41(54)33-42(55)49-52-46(59)36-31-37(47(60)53-50-43(56)34-44(57)61-8-4)40(64-30-25-20-17-14-11-7-3)32-39(36)63-29-24-19-16-13-10-6-2/h21-22,26-27,31-32H,5-20,23-25,28-30,33-34H2,1-4H3,(H,48,54)(H,49,55)(H,50,56)(H,51,58)(H,52,59)(H,53,60). The Balaban J connectivity index is 2.16. The van der Waals surface area contributed by atoms with E-state index >= 15 is 0 Å². The zero-order chi connectivity index (χ0) is 46.8. The van der Waals surface area contributed by atoms with Crippen molar-refractivity contribution in [2.75, 3.05) is 26.4 Å². The summed E-state index contributed by atoms with van der Waals surface area (Å²) in [4.78, 5) is 89.7. The average Bonchev–Trinajstić information content (AvgIpc) is 3.28. The lowest BCUT2D eigenvalue weighted by Crippen LogP contribution is -2.46. The van der Waals surface area contributed by atoms with Crippen molar-refractivity contribution in [2.24, 2.45) is 0 Å². The molecule has 356 valence electrons. The molecule has 0 aliphatic rings. The number of unbranched alkanes of at least 4 members (excludes halogenated alkanes) is 15. The van der Waals surface area contributed by atoms with E-state index in [2.05, 4.69) is 53.3 Å². The molecule has 0 heterocycles. The molecule has 2 rings (SSSR count). The van der Waals surface area contributed by atoms with Gasteiger partial charge in [0.15, 0.2) is 0 Å². The molecule has 0 bridgehead atoms. The Bertz CT molecular complexity index is 1760. The summed E-state index contributed by atoms with van der Waals surface area (Å²) in [5.41, 5.74) is 13.2. The molecular weight excluding hydrogens is 825 g/mol. The van der Waals surface area contributed by atoms with Crippen molar-refractivity contribution in [1.82, 2.24) is 32.6 Å². The predicted octanol–water partition coefficient (Wildman–Crippen LogP) is 7.23. The molecule has 0 aliphatic carbocycles. The number of benzene rings is 2. The summed E-state index contributed by atoms with van der Waals surface area (Å²) in [6.07, 6.45) is 17.0. The van der Waals surface area contributed by atoms with E-state index in [1.807, 2.05) is 0 Å². The van der Waals surface area contributed by atoms with E-state index in [4.69, 9.17) is 18.9 Å². The third-order valence-electron chi connectivity index (χ3n) is 9.85. The molecular formula is C47H72N6O11. The van der Waals surface area contributed by atoms with Crippen molar-refractivity contribution >= 4 is 41.4 Å². The summed E-state index contributed by atoms with van der Waals surface area (Å²) in [7, 11) is 0. The van der Waals surface area contributed by atoms with Gasteiger partial charge in [-0.3, -0.25) is 66.1 Å². The summed E-state index contributed by atoms with van der Waals surface area (Å²) in [5, 5.41) is 0. The lowest BCUT2D eigenvalue weighted by molar-refractivity contribution is -0.146. The highest BCUT2D eigenvalue weighted by Crippen LogP contribution is 2.30. The molecule has 0 saturated carbocycles. The molecule has 0 atom stereocenters. The maximum absolute atomic E-state index is 13.7. The Kier molecular flexibility index (Phi) is 28.5. The van der Waals surface area contributed by atoms with Crippen molar-refractivity contribution in [3.8, 4) is 17.2 Å². The quantitative estimate of drug-likeness (QED) is 0.0186. The molecule has 0 aromatic heterocycles. The van der Waals surface area contributed by atoms with E-state index in [0.29, 0.717) is 25.2 Å². The van der Waals surface area contributed by atoms with Crippen LogP contribution in [-0.4, -0.2) is 67.8 Å². The number of hydrogen-bond acceptors (Lipinski definition) is 11. The first-order valence-electron chi connectivity index (χ1n) is 23.1. The number of para-hydroxylation sites is 1. The molecule has 0 spiro atoms. The first-order chi connectivity index (χ1) is 31.0. The van der Waals surface area contributed by atoms with Crippen LogP contribution < -0.4 is 46.8 Å². The maximum atomic E-state index is 13.7. The van der Waals surface area contributed by atoms with Crippen LogP contribution in [0.25, 0.3) is 0 Å². The predicted molar refractivity (Wildman–Crippen MR) is 242 cm³/mol. The first-order valence-corrected chi connectivity index (χ1v) is 23.1. The number of ether oxygens (including phenoxy) is 4. The van der Waals surface area contributed by atoms with Gasteiger partial charge in [-0.15, -0.1) is 0 Å². The molecule has 0 fully saturated rings. The Hall–Kier alpha value is -5.87. The molecule has 0 unspecified atom stereocenters. The van der Waals surface area contributed by atoms with Crippen LogP contribution >= 0.6 is 0 Å². The SMILES string of the molecule is CCCCCCCCOc1ccccc1C(=O)NNC(=O)CC(=O)NNC(=O)c1cc(C(=O)NNC(=O)CC(=O)OCC)c(OCCCCCCCC)cc1OCCCCCCCC. The van der Waals surface area contributed by atoms with Crippen LogP contribution in [0.4, 0.5) is 0 Å². The van der Waals surface area contributed by atoms with Gasteiger partial charge in [0.2, 0.25) is 17.7 Å². The minimum atomic E-state index is -0.918. The number of carbonyl (C=O) groups is 7. The minimum Gasteiger partial charge on any atom is -0.493 e. The van der Waals surface area contributed by atoms with Gasteiger partial charge in [0.05, 0.1) is 43.1 Å². The van der Waals surface area contributed by atoms with E-state index < -0.39 is 54.3 Å². The van der Waals surface area contributed by atoms with Crippen LogP contribution in [0.3, 0.4) is 0 Å². The number of amides is 6. The molecule has 0 aliphatic heterocycles.